The van der Waals surface area contributed by atoms with Gasteiger partial charge in [-0.1, -0.05) is 5.16 Å². The fourth-order valence-electron chi connectivity index (χ4n) is 1.12. The third-order valence-corrected chi connectivity index (χ3v) is 1.69. The topological polar surface area (TPSA) is 86.2 Å². The Bertz CT molecular complexity index is 256. The maximum Gasteiger partial charge on any atom is 0.318 e. The lowest BCUT2D eigenvalue weighted by Gasteiger charge is -2.20. The molecule has 2 rings (SSSR count). The number of hydrogen-bond acceptors (Lipinski definition) is 6. The summed E-state index contributed by atoms with van der Waals surface area (Å²) in [6.45, 7) is 2.10. The van der Waals surface area contributed by atoms with Crippen LogP contribution < -0.4 is 11.1 Å². The van der Waals surface area contributed by atoms with E-state index in [2.05, 4.69) is 20.0 Å². The van der Waals surface area contributed by atoms with Crippen molar-refractivity contribution in [3.8, 4) is 0 Å². The summed E-state index contributed by atoms with van der Waals surface area (Å²) < 4.78 is 9.86. The Balaban J connectivity index is 2.08. The second-order valence-corrected chi connectivity index (χ2v) is 2.57. The first kappa shape index (κ1) is 7.51. The maximum absolute atomic E-state index is 5.28. The molecule has 1 fully saturated rings. The lowest BCUT2D eigenvalue weighted by Crippen LogP contribution is -2.35. The quantitative estimate of drug-likeness (QED) is 0.580. The van der Waals surface area contributed by atoms with Crippen molar-refractivity contribution in [3.63, 3.8) is 0 Å². The van der Waals surface area contributed by atoms with E-state index in [1.165, 1.54) is 0 Å². The molecule has 0 aromatic carbocycles. The average molecular weight is 170 g/mol. The Morgan fingerprint density at radius 1 is 1.58 bits per heavy atom. The third-order valence-electron chi connectivity index (χ3n) is 1.69. The van der Waals surface area contributed by atoms with Crippen LogP contribution in [0.25, 0.3) is 0 Å². The molecule has 0 spiro atoms. The van der Waals surface area contributed by atoms with Crippen molar-refractivity contribution in [2.75, 3.05) is 25.5 Å². The van der Waals surface area contributed by atoms with E-state index in [1.54, 1.807) is 0 Å². The lowest BCUT2D eigenvalue weighted by molar-refractivity contribution is 0.0734. The van der Waals surface area contributed by atoms with Gasteiger partial charge < -0.3 is 20.3 Å². The minimum Gasteiger partial charge on any atom is -0.378 e. The van der Waals surface area contributed by atoms with Gasteiger partial charge in [0.05, 0.1) is 19.3 Å². The predicted octanol–water partition coefficient (Wildman–Crippen LogP) is -0.687. The molecule has 2 heterocycles. The number of nitrogens with two attached hydrogens (primary N) is 1. The van der Waals surface area contributed by atoms with E-state index in [9.17, 15) is 0 Å². The molecular formula is C6H10N4O2. The summed E-state index contributed by atoms with van der Waals surface area (Å²) in [7, 11) is 0. The summed E-state index contributed by atoms with van der Waals surface area (Å²) in [5.41, 5.74) is 5.28. The van der Waals surface area contributed by atoms with Crippen LogP contribution in [-0.2, 0) is 4.74 Å². The van der Waals surface area contributed by atoms with Crippen molar-refractivity contribution in [1.29, 1.82) is 0 Å². The normalized spacial score (nSPS) is 24.2. The zero-order chi connectivity index (χ0) is 8.39. The summed E-state index contributed by atoms with van der Waals surface area (Å²) in [5, 5.41) is 6.87. The van der Waals surface area contributed by atoms with Gasteiger partial charge in [-0.25, -0.2) is 0 Å². The smallest absolute Gasteiger partial charge is 0.318 e. The van der Waals surface area contributed by atoms with Crippen molar-refractivity contribution < 1.29 is 9.26 Å². The molecule has 12 heavy (non-hydrogen) atoms. The summed E-state index contributed by atoms with van der Waals surface area (Å²) in [6.07, 6.45) is 0. The van der Waals surface area contributed by atoms with Crippen LogP contribution >= 0.6 is 0 Å². The molecule has 1 aromatic rings. The van der Waals surface area contributed by atoms with E-state index in [1.807, 2.05) is 0 Å². The van der Waals surface area contributed by atoms with Crippen LogP contribution in [0.3, 0.4) is 0 Å². The lowest BCUT2D eigenvalue weighted by atomic mass is 10.3. The second kappa shape index (κ2) is 3.08. The average Bonchev–Trinajstić information content (AvgIpc) is 2.54. The molecule has 0 aliphatic carbocycles. The first-order valence-electron chi connectivity index (χ1n) is 3.76. The van der Waals surface area contributed by atoms with E-state index in [-0.39, 0.29) is 12.1 Å². The van der Waals surface area contributed by atoms with Gasteiger partial charge in [0.1, 0.15) is 0 Å². The molecular weight excluding hydrogens is 160 g/mol. The Kier molecular flexibility index (Phi) is 1.92. The summed E-state index contributed by atoms with van der Waals surface area (Å²) in [5.74, 6) is 0.562. The molecule has 6 nitrogen and oxygen atoms in total. The number of nitrogens with zero attached hydrogens (tertiary/aromatic N) is 2. The van der Waals surface area contributed by atoms with Gasteiger partial charge in [0.15, 0.2) is 5.82 Å². The van der Waals surface area contributed by atoms with E-state index >= 15 is 0 Å². The zero-order valence-corrected chi connectivity index (χ0v) is 6.49. The van der Waals surface area contributed by atoms with Gasteiger partial charge in [0, 0.05) is 6.54 Å². The molecule has 66 valence electrons. The van der Waals surface area contributed by atoms with Gasteiger partial charge in [-0.15, -0.1) is 0 Å². The second-order valence-electron chi connectivity index (χ2n) is 2.57. The molecule has 0 bridgehead atoms. The van der Waals surface area contributed by atoms with Crippen LogP contribution in [0.1, 0.15) is 11.9 Å². The number of morpholine rings is 1. The van der Waals surface area contributed by atoms with Crippen molar-refractivity contribution in [2.45, 2.75) is 6.04 Å². The van der Waals surface area contributed by atoms with Gasteiger partial charge in [0.25, 0.3) is 0 Å². The number of nitrogen functional groups attached to an aromatic ring is 1. The molecule has 3 N–H and O–H groups in total. The Morgan fingerprint density at radius 3 is 3.08 bits per heavy atom. The molecule has 1 aliphatic heterocycles. The monoisotopic (exact) mass is 170 g/mol. The van der Waals surface area contributed by atoms with Gasteiger partial charge in [-0.2, -0.15) is 4.98 Å². The molecule has 1 unspecified atom stereocenters. The zero-order valence-electron chi connectivity index (χ0n) is 6.49. The molecule has 1 aliphatic rings. The summed E-state index contributed by atoms with van der Waals surface area (Å²) in [6, 6.07) is 0.108. The van der Waals surface area contributed by atoms with E-state index in [0.29, 0.717) is 12.4 Å². The SMILES string of the molecule is Nc1nc(C2COCCN2)no1. The van der Waals surface area contributed by atoms with Crippen LogP contribution in [0.4, 0.5) is 6.01 Å². The number of aromatic nitrogens is 2. The third kappa shape index (κ3) is 1.39. The highest BCUT2D eigenvalue weighted by Gasteiger charge is 2.19. The molecule has 1 saturated heterocycles. The van der Waals surface area contributed by atoms with E-state index in [4.69, 9.17) is 10.5 Å². The number of anilines is 1. The summed E-state index contributed by atoms with van der Waals surface area (Å²) in [4.78, 5) is 3.89. The Labute approximate surface area is 69.1 Å². The fraction of sp³-hybridized carbons (Fsp3) is 0.667. The van der Waals surface area contributed by atoms with Crippen molar-refractivity contribution in [2.24, 2.45) is 0 Å². The first-order valence-corrected chi connectivity index (χ1v) is 3.76. The fourth-order valence-corrected chi connectivity index (χ4v) is 1.12. The summed E-state index contributed by atoms with van der Waals surface area (Å²) >= 11 is 0. The molecule has 1 aromatic heterocycles. The molecule has 1 atom stereocenters. The molecule has 0 amide bonds. The molecule has 0 saturated carbocycles. The Hall–Kier alpha value is -1.14. The van der Waals surface area contributed by atoms with Gasteiger partial charge in [0.2, 0.25) is 0 Å². The minimum atomic E-state index is 0.0137. The van der Waals surface area contributed by atoms with Gasteiger partial charge >= 0.3 is 6.01 Å². The largest absolute Gasteiger partial charge is 0.378 e. The van der Waals surface area contributed by atoms with Crippen LogP contribution in [-0.4, -0.2) is 29.9 Å². The molecule has 6 heteroatoms. The standard InChI is InChI=1S/C6H10N4O2/c7-6-9-5(10-12-6)4-3-11-2-1-8-4/h4,8H,1-3H2,(H2,7,9,10). The maximum atomic E-state index is 5.28. The minimum absolute atomic E-state index is 0.0137. The first-order chi connectivity index (χ1) is 5.86. The van der Waals surface area contributed by atoms with E-state index in [0.717, 1.165) is 13.2 Å². The number of ether oxygens (including phenoxy) is 1. The van der Waals surface area contributed by atoms with Crippen LogP contribution in [0.15, 0.2) is 4.52 Å². The highest BCUT2D eigenvalue weighted by molar-refractivity contribution is 5.09. The number of hydrogen-bond donors (Lipinski definition) is 2. The van der Waals surface area contributed by atoms with Crippen LogP contribution in [0.5, 0.6) is 0 Å². The highest BCUT2D eigenvalue weighted by atomic mass is 16.5. The predicted molar refractivity (Wildman–Crippen MR) is 40.3 cm³/mol. The van der Waals surface area contributed by atoms with Gasteiger partial charge in [-0.3, -0.25) is 0 Å². The number of rotatable bonds is 1. The van der Waals surface area contributed by atoms with Crippen LogP contribution in [0, 0.1) is 0 Å². The van der Waals surface area contributed by atoms with Crippen molar-refractivity contribution >= 4 is 6.01 Å². The highest BCUT2D eigenvalue weighted by Crippen LogP contribution is 2.12. The number of nitrogens with one attached hydrogen (secondary N) is 1. The molecule has 0 radical (unpaired) electrons. The van der Waals surface area contributed by atoms with Crippen molar-refractivity contribution in [1.82, 2.24) is 15.5 Å². The van der Waals surface area contributed by atoms with Crippen molar-refractivity contribution in [3.05, 3.63) is 5.82 Å². The Morgan fingerprint density at radius 2 is 2.50 bits per heavy atom. The van der Waals surface area contributed by atoms with Crippen LogP contribution in [0.2, 0.25) is 0 Å². The van der Waals surface area contributed by atoms with Gasteiger partial charge in [-0.05, 0) is 0 Å². The van der Waals surface area contributed by atoms with E-state index < -0.39 is 0 Å².